The number of halogens is 1. The molecule has 1 N–H and O–H groups in total. The number of nitriles is 1. The maximum atomic E-state index is 11.6. The zero-order chi connectivity index (χ0) is 13.5. The summed E-state index contributed by atoms with van der Waals surface area (Å²) in [4.78, 5) is 11.6. The summed E-state index contributed by atoms with van der Waals surface area (Å²) in [6.07, 6.45) is 0.912. The Hall–Kier alpha value is -1.99. The first-order valence-electron chi connectivity index (χ1n) is 5.33. The molecule has 0 bridgehead atoms. The highest BCUT2D eigenvalue weighted by Gasteiger charge is 2.15. The van der Waals surface area contributed by atoms with Gasteiger partial charge in [0.1, 0.15) is 5.75 Å². The van der Waals surface area contributed by atoms with Gasteiger partial charge in [-0.25, -0.2) is 0 Å². The highest BCUT2D eigenvalue weighted by Crippen LogP contribution is 2.26. The number of nitrogens with zero attached hydrogens (tertiary/aromatic N) is 1. The first-order valence-corrected chi connectivity index (χ1v) is 5.71. The topological polar surface area (TPSA) is 62.1 Å². The lowest BCUT2D eigenvalue weighted by atomic mass is 10.2. The summed E-state index contributed by atoms with van der Waals surface area (Å²) in [6, 6.07) is 6.61. The molecule has 1 aromatic rings. The van der Waals surface area contributed by atoms with Gasteiger partial charge in [0.15, 0.2) is 6.10 Å². The third kappa shape index (κ3) is 3.79. The zero-order valence-corrected chi connectivity index (χ0v) is 10.7. The molecule has 1 rings (SSSR count). The van der Waals surface area contributed by atoms with Crippen LogP contribution in [0.1, 0.15) is 12.5 Å². The second kappa shape index (κ2) is 6.67. The van der Waals surface area contributed by atoms with Gasteiger partial charge in [0.2, 0.25) is 0 Å². The van der Waals surface area contributed by atoms with Gasteiger partial charge in [0.25, 0.3) is 5.91 Å². The maximum absolute atomic E-state index is 11.6. The van der Waals surface area contributed by atoms with Crippen LogP contribution in [0.15, 0.2) is 30.9 Å². The lowest BCUT2D eigenvalue weighted by Crippen LogP contribution is -2.36. The van der Waals surface area contributed by atoms with E-state index in [1.165, 1.54) is 6.07 Å². The zero-order valence-electron chi connectivity index (χ0n) is 9.94. The Labute approximate surface area is 111 Å². The van der Waals surface area contributed by atoms with E-state index in [9.17, 15) is 4.79 Å². The van der Waals surface area contributed by atoms with Gasteiger partial charge in [0.05, 0.1) is 16.7 Å². The van der Waals surface area contributed by atoms with Crippen LogP contribution in [0.2, 0.25) is 5.02 Å². The largest absolute Gasteiger partial charge is 0.479 e. The van der Waals surface area contributed by atoms with Gasteiger partial charge in [-0.15, -0.1) is 6.58 Å². The van der Waals surface area contributed by atoms with E-state index in [4.69, 9.17) is 21.6 Å². The molecular formula is C13H13ClN2O2. The molecule has 0 fully saturated rings. The van der Waals surface area contributed by atoms with Crippen molar-refractivity contribution in [3.05, 3.63) is 41.4 Å². The molecule has 0 aliphatic heterocycles. The summed E-state index contributed by atoms with van der Waals surface area (Å²) in [5, 5.41) is 11.6. The molecule has 4 nitrogen and oxygen atoms in total. The fourth-order valence-corrected chi connectivity index (χ4v) is 1.45. The highest BCUT2D eigenvalue weighted by molar-refractivity contribution is 6.32. The third-order valence-corrected chi connectivity index (χ3v) is 2.45. The summed E-state index contributed by atoms with van der Waals surface area (Å²) < 4.78 is 5.42. The number of hydrogen-bond acceptors (Lipinski definition) is 3. The van der Waals surface area contributed by atoms with Crippen LogP contribution >= 0.6 is 11.6 Å². The third-order valence-electron chi connectivity index (χ3n) is 2.15. The average Bonchev–Trinajstić information content (AvgIpc) is 2.38. The molecule has 1 amide bonds. The number of carbonyl (C=O) groups excluding carboxylic acids is 1. The second-order valence-corrected chi connectivity index (χ2v) is 3.96. The number of rotatable bonds is 5. The predicted octanol–water partition coefficient (Wildman–Crippen LogP) is 2.28. The molecule has 0 unspecified atom stereocenters. The van der Waals surface area contributed by atoms with Crippen LogP contribution in [0.5, 0.6) is 5.75 Å². The van der Waals surface area contributed by atoms with Gasteiger partial charge in [-0.05, 0) is 25.1 Å². The summed E-state index contributed by atoms with van der Waals surface area (Å²) in [5.41, 5.74) is 0.441. The molecule has 5 heteroatoms. The van der Waals surface area contributed by atoms with Gasteiger partial charge >= 0.3 is 0 Å². The van der Waals surface area contributed by atoms with Crippen molar-refractivity contribution in [2.45, 2.75) is 13.0 Å². The van der Waals surface area contributed by atoms with Crippen molar-refractivity contribution in [3.63, 3.8) is 0 Å². The van der Waals surface area contributed by atoms with E-state index in [0.717, 1.165) is 0 Å². The maximum Gasteiger partial charge on any atom is 0.261 e. The van der Waals surface area contributed by atoms with Crippen LogP contribution in [0.4, 0.5) is 0 Å². The molecule has 0 aliphatic carbocycles. The SMILES string of the molecule is C=CCNC(=O)[C@H](C)Oc1ccc(C#N)cc1Cl. The Morgan fingerprint density at radius 3 is 3.00 bits per heavy atom. The van der Waals surface area contributed by atoms with Crippen LogP contribution in [0.25, 0.3) is 0 Å². The lowest BCUT2D eigenvalue weighted by Gasteiger charge is -2.15. The first-order chi connectivity index (χ1) is 8.58. The molecule has 0 saturated carbocycles. The quantitative estimate of drug-likeness (QED) is 0.830. The van der Waals surface area contributed by atoms with E-state index in [0.29, 0.717) is 22.9 Å². The molecule has 1 atom stereocenters. The molecule has 1 aromatic carbocycles. The molecule has 94 valence electrons. The van der Waals surface area contributed by atoms with Crippen LogP contribution < -0.4 is 10.1 Å². The Morgan fingerprint density at radius 2 is 2.44 bits per heavy atom. The highest BCUT2D eigenvalue weighted by atomic mass is 35.5. The number of carbonyl (C=O) groups is 1. The number of amides is 1. The fourth-order valence-electron chi connectivity index (χ4n) is 1.23. The molecule has 0 heterocycles. The summed E-state index contributed by atoms with van der Waals surface area (Å²) >= 11 is 5.94. The number of nitrogens with one attached hydrogen (secondary N) is 1. The normalized spacial score (nSPS) is 11.2. The van der Waals surface area contributed by atoms with Gasteiger partial charge in [0, 0.05) is 6.54 Å². The summed E-state index contributed by atoms with van der Waals surface area (Å²) in [6.45, 7) is 5.50. The standard InChI is InChI=1S/C13H13ClN2O2/c1-3-6-16-13(17)9(2)18-12-5-4-10(8-15)7-11(12)14/h3-5,7,9H,1,6H2,2H3,(H,16,17)/t9-/m0/s1. The van der Waals surface area contributed by atoms with Crippen LogP contribution in [-0.4, -0.2) is 18.6 Å². The molecule has 18 heavy (non-hydrogen) atoms. The van der Waals surface area contributed by atoms with Crippen molar-refractivity contribution in [3.8, 4) is 11.8 Å². The van der Waals surface area contributed by atoms with Crippen LogP contribution in [-0.2, 0) is 4.79 Å². The molecule has 0 radical (unpaired) electrons. The molecule has 0 aliphatic rings. The van der Waals surface area contributed by atoms with Crippen molar-refractivity contribution >= 4 is 17.5 Å². The Morgan fingerprint density at radius 1 is 1.72 bits per heavy atom. The summed E-state index contributed by atoms with van der Waals surface area (Å²) in [5.74, 6) is 0.118. The van der Waals surface area contributed by atoms with E-state index in [-0.39, 0.29) is 5.91 Å². The fraction of sp³-hybridized carbons (Fsp3) is 0.231. The number of benzene rings is 1. The van der Waals surface area contributed by atoms with Crippen molar-refractivity contribution in [1.82, 2.24) is 5.32 Å². The molecule has 0 aromatic heterocycles. The second-order valence-electron chi connectivity index (χ2n) is 3.55. The monoisotopic (exact) mass is 264 g/mol. The Bertz CT molecular complexity index is 494. The van der Waals surface area contributed by atoms with E-state index in [1.54, 1.807) is 25.1 Å². The summed E-state index contributed by atoms with van der Waals surface area (Å²) in [7, 11) is 0. The molecular weight excluding hydrogens is 252 g/mol. The van der Waals surface area contributed by atoms with Crippen molar-refractivity contribution in [2.24, 2.45) is 0 Å². The van der Waals surface area contributed by atoms with E-state index in [2.05, 4.69) is 11.9 Å². The van der Waals surface area contributed by atoms with Gasteiger partial charge in [-0.3, -0.25) is 4.79 Å². The average molecular weight is 265 g/mol. The lowest BCUT2D eigenvalue weighted by molar-refractivity contribution is -0.127. The van der Waals surface area contributed by atoms with Crippen molar-refractivity contribution < 1.29 is 9.53 Å². The van der Waals surface area contributed by atoms with Crippen LogP contribution in [0, 0.1) is 11.3 Å². The smallest absolute Gasteiger partial charge is 0.261 e. The first kappa shape index (κ1) is 14.1. The predicted molar refractivity (Wildman–Crippen MR) is 69.5 cm³/mol. The number of hydrogen-bond donors (Lipinski definition) is 1. The Kier molecular flexibility index (Phi) is 5.22. The minimum absolute atomic E-state index is 0.254. The van der Waals surface area contributed by atoms with E-state index < -0.39 is 6.10 Å². The van der Waals surface area contributed by atoms with Crippen molar-refractivity contribution in [1.29, 1.82) is 5.26 Å². The van der Waals surface area contributed by atoms with Crippen LogP contribution in [0.3, 0.4) is 0 Å². The van der Waals surface area contributed by atoms with Gasteiger partial charge in [-0.2, -0.15) is 5.26 Å². The van der Waals surface area contributed by atoms with Crippen molar-refractivity contribution in [2.75, 3.05) is 6.54 Å². The van der Waals surface area contributed by atoms with Gasteiger partial charge in [-0.1, -0.05) is 17.7 Å². The minimum atomic E-state index is -0.671. The molecule has 0 spiro atoms. The number of ether oxygens (including phenoxy) is 1. The Balaban J connectivity index is 2.70. The molecule has 0 saturated heterocycles. The minimum Gasteiger partial charge on any atom is -0.479 e. The van der Waals surface area contributed by atoms with E-state index in [1.807, 2.05) is 6.07 Å². The van der Waals surface area contributed by atoms with E-state index >= 15 is 0 Å². The van der Waals surface area contributed by atoms with Gasteiger partial charge < -0.3 is 10.1 Å².